The van der Waals surface area contributed by atoms with E-state index in [2.05, 4.69) is 0 Å². The second kappa shape index (κ2) is 9.94. The Morgan fingerprint density at radius 2 is 1.84 bits per heavy atom. The van der Waals surface area contributed by atoms with Crippen molar-refractivity contribution in [1.82, 2.24) is 9.80 Å². The summed E-state index contributed by atoms with van der Waals surface area (Å²) in [5, 5.41) is 17.6. The highest BCUT2D eigenvalue weighted by molar-refractivity contribution is 7.92. The standard InChI is InChI=1S/C22H26F3N5O5S.ClH/c1-28-4-6-29(7-5-28)13-2-3-17(15(8-13)22(23,24)25)36(34,35)14-9-16(19(31)32)30(11-14)18-10-21(18,12-26)20(27)33;/h2-3,8,14,16,18H,4-7,9-11H2,1H3,(H2,27,33)(H,31,32);1H/t14-,16+,18?,21?;/m1./s1. The molecule has 0 aromatic heterocycles. The molecule has 1 aliphatic carbocycles. The number of anilines is 1. The summed E-state index contributed by atoms with van der Waals surface area (Å²) in [4.78, 5) is 27.7. The number of aliphatic carboxylic acids is 1. The molecule has 2 unspecified atom stereocenters. The minimum atomic E-state index is -4.96. The number of carbonyl (C=O) groups excluding carboxylic acids is 1. The van der Waals surface area contributed by atoms with Crippen LogP contribution in [0.3, 0.4) is 0 Å². The molecule has 2 heterocycles. The van der Waals surface area contributed by atoms with E-state index >= 15 is 0 Å². The second-order valence-corrected chi connectivity index (χ2v) is 11.8. The normalized spacial score (nSPS) is 28.8. The zero-order chi connectivity index (χ0) is 26.6. The van der Waals surface area contributed by atoms with Gasteiger partial charge >= 0.3 is 12.1 Å². The van der Waals surface area contributed by atoms with Gasteiger partial charge in [-0.15, -0.1) is 12.4 Å². The van der Waals surface area contributed by atoms with Crippen LogP contribution in [0, 0.1) is 16.7 Å². The van der Waals surface area contributed by atoms with E-state index in [1.807, 2.05) is 11.9 Å². The topological polar surface area (TPSA) is 148 Å². The zero-order valence-corrected chi connectivity index (χ0v) is 21.4. The summed E-state index contributed by atoms with van der Waals surface area (Å²) in [6.07, 6.45) is -5.51. The average molecular weight is 566 g/mol. The van der Waals surface area contributed by atoms with E-state index in [9.17, 15) is 41.5 Å². The molecule has 3 fully saturated rings. The van der Waals surface area contributed by atoms with Crippen molar-refractivity contribution in [3.05, 3.63) is 23.8 Å². The molecule has 1 saturated carbocycles. The van der Waals surface area contributed by atoms with Crippen LogP contribution in [0.25, 0.3) is 0 Å². The molecule has 4 atom stereocenters. The molecular weight excluding hydrogens is 539 g/mol. The Hall–Kier alpha value is -2.60. The predicted molar refractivity (Wildman–Crippen MR) is 128 cm³/mol. The van der Waals surface area contributed by atoms with Gasteiger partial charge in [-0.25, -0.2) is 8.42 Å². The Morgan fingerprint density at radius 3 is 2.32 bits per heavy atom. The van der Waals surface area contributed by atoms with Crippen LogP contribution in [0.2, 0.25) is 0 Å². The molecule has 15 heteroatoms. The van der Waals surface area contributed by atoms with Gasteiger partial charge in [0.05, 0.1) is 21.8 Å². The fraction of sp³-hybridized carbons (Fsp3) is 0.591. The molecule has 4 rings (SSSR count). The van der Waals surface area contributed by atoms with Crippen LogP contribution in [-0.2, 0) is 25.6 Å². The molecule has 2 aliphatic heterocycles. The number of sulfone groups is 1. The summed E-state index contributed by atoms with van der Waals surface area (Å²) >= 11 is 0. The maximum atomic E-state index is 14.0. The molecule has 1 aromatic rings. The molecular formula is C22H27ClF3N5O5S. The number of primary amides is 1. The fourth-order valence-electron chi connectivity index (χ4n) is 5.15. The van der Waals surface area contributed by atoms with Crippen molar-refractivity contribution in [3.63, 3.8) is 0 Å². The van der Waals surface area contributed by atoms with Gasteiger partial charge in [0, 0.05) is 44.5 Å². The molecule has 1 amide bonds. The quantitative estimate of drug-likeness (QED) is 0.514. The third-order valence-electron chi connectivity index (χ3n) is 7.43. The van der Waals surface area contributed by atoms with Crippen molar-refractivity contribution in [2.75, 3.05) is 44.7 Å². The number of piperazine rings is 1. The lowest BCUT2D eigenvalue weighted by Crippen LogP contribution is -2.44. The first-order valence-electron chi connectivity index (χ1n) is 11.3. The summed E-state index contributed by atoms with van der Waals surface area (Å²) in [5.74, 6) is -2.35. The molecule has 2 saturated heterocycles. The number of hydrogen-bond donors (Lipinski definition) is 2. The van der Waals surface area contributed by atoms with Crippen molar-refractivity contribution in [3.8, 4) is 6.07 Å². The number of carbonyl (C=O) groups is 2. The fourth-order valence-corrected chi connectivity index (χ4v) is 7.05. The predicted octanol–water partition coefficient (Wildman–Crippen LogP) is 0.948. The SMILES string of the molecule is CN1CCN(c2ccc(S(=O)(=O)[C@@H]3C[C@@H](C(=O)O)N(C4CC4(C#N)C(N)=O)C3)c(C(F)(F)F)c2)CC1.Cl. The maximum Gasteiger partial charge on any atom is 0.417 e. The molecule has 204 valence electrons. The number of alkyl halides is 3. The lowest BCUT2D eigenvalue weighted by Gasteiger charge is -2.34. The number of amides is 1. The summed E-state index contributed by atoms with van der Waals surface area (Å²) in [7, 11) is -2.73. The smallest absolute Gasteiger partial charge is 0.417 e. The van der Waals surface area contributed by atoms with Crippen LogP contribution in [0.4, 0.5) is 18.9 Å². The van der Waals surface area contributed by atoms with Gasteiger partial charge in [0.1, 0.15) is 6.04 Å². The molecule has 37 heavy (non-hydrogen) atoms. The number of likely N-dealkylation sites (tertiary alicyclic amines) is 1. The van der Waals surface area contributed by atoms with Gasteiger partial charge in [-0.1, -0.05) is 0 Å². The van der Waals surface area contributed by atoms with Crippen LogP contribution in [-0.4, -0.2) is 92.3 Å². The molecule has 0 spiro atoms. The summed E-state index contributed by atoms with van der Waals surface area (Å²) in [6.45, 7) is 1.83. The number of nitrogens with zero attached hydrogens (tertiary/aromatic N) is 4. The van der Waals surface area contributed by atoms with E-state index < -0.39 is 74.1 Å². The highest BCUT2D eigenvalue weighted by Crippen LogP contribution is 2.52. The number of nitrogens with two attached hydrogens (primary N) is 1. The first-order chi connectivity index (χ1) is 16.7. The van der Waals surface area contributed by atoms with Crippen LogP contribution < -0.4 is 10.6 Å². The number of halogens is 4. The van der Waals surface area contributed by atoms with Gasteiger partial charge in [0.25, 0.3) is 0 Å². The number of likely N-dealkylation sites (N-methyl/N-ethyl adjacent to an activating group) is 1. The van der Waals surface area contributed by atoms with Gasteiger partial charge < -0.3 is 20.6 Å². The Kier molecular flexibility index (Phi) is 7.78. The average Bonchev–Trinajstić information content (AvgIpc) is 3.39. The van der Waals surface area contributed by atoms with Crippen LogP contribution in [0.1, 0.15) is 18.4 Å². The first kappa shape index (κ1) is 29.0. The number of carboxylic acids is 1. The summed E-state index contributed by atoms with van der Waals surface area (Å²) in [5.41, 5.74) is 2.60. The van der Waals surface area contributed by atoms with E-state index in [1.54, 1.807) is 11.0 Å². The van der Waals surface area contributed by atoms with Crippen molar-refractivity contribution in [1.29, 1.82) is 5.26 Å². The lowest BCUT2D eigenvalue weighted by molar-refractivity contribution is -0.143. The first-order valence-corrected chi connectivity index (χ1v) is 12.9. The summed E-state index contributed by atoms with van der Waals surface area (Å²) in [6, 6.07) is 2.58. The number of nitriles is 1. The van der Waals surface area contributed by atoms with Gasteiger partial charge in [-0.2, -0.15) is 18.4 Å². The Balaban J connectivity index is 0.00000380. The minimum Gasteiger partial charge on any atom is -0.480 e. The molecule has 0 bridgehead atoms. The maximum absolute atomic E-state index is 14.0. The van der Waals surface area contributed by atoms with Crippen molar-refractivity contribution in [2.24, 2.45) is 11.1 Å². The van der Waals surface area contributed by atoms with Crippen LogP contribution in [0.15, 0.2) is 23.1 Å². The Morgan fingerprint density at radius 1 is 1.22 bits per heavy atom. The van der Waals surface area contributed by atoms with E-state index in [1.165, 1.54) is 11.0 Å². The van der Waals surface area contributed by atoms with E-state index in [4.69, 9.17) is 5.73 Å². The van der Waals surface area contributed by atoms with Crippen LogP contribution in [0.5, 0.6) is 0 Å². The largest absolute Gasteiger partial charge is 0.480 e. The van der Waals surface area contributed by atoms with Crippen molar-refractivity contribution in [2.45, 2.75) is 41.2 Å². The number of rotatable bonds is 6. The Labute approximate surface area is 218 Å². The van der Waals surface area contributed by atoms with Crippen LogP contribution >= 0.6 is 12.4 Å². The van der Waals surface area contributed by atoms with E-state index in [0.29, 0.717) is 26.2 Å². The molecule has 1 aromatic carbocycles. The third-order valence-corrected chi connectivity index (χ3v) is 9.62. The monoisotopic (exact) mass is 565 g/mol. The highest BCUT2D eigenvalue weighted by atomic mass is 35.5. The van der Waals surface area contributed by atoms with Gasteiger partial charge in [-0.05, 0) is 38.1 Å². The third kappa shape index (κ3) is 5.09. The molecule has 0 radical (unpaired) electrons. The number of carboxylic acid groups (broad SMARTS) is 1. The van der Waals surface area contributed by atoms with Gasteiger partial charge in [-0.3, -0.25) is 14.5 Å². The second-order valence-electron chi connectivity index (χ2n) is 9.59. The van der Waals surface area contributed by atoms with Gasteiger partial charge in [0.2, 0.25) is 5.91 Å². The number of benzene rings is 1. The Bertz CT molecular complexity index is 1230. The number of hydrogen-bond acceptors (Lipinski definition) is 8. The summed E-state index contributed by atoms with van der Waals surface area (Å²) < 4.78 is 69.1. The molecule has 3 N–H and O–H groups in total. The van der Waals surface area contributed by atoms with Crippen molar-refractivity contribution >= 4 is 39.8 Å². The minimum absolute atomic E-state index is 0. The van der Waals surface area contributed by atoms with Gasteiger partial charge in [0.15, 0.2) is 15.3 Å². The van der Waals surface area contributed by atoms with E-state index in [0.717, 1.165) is 12.1 Å². The lowest BCUT2D eigenvalue weighted by atomic mass is 10.1. The van der Waals surface area contributed by atoms with E-state index in [-0.39, 0.29) is 24.5 Å². The molecule has 3 aliphatic rings. The zero-order valence-electron chi connectivity index (χ0n) is 19.8. The highest BCUT2D eigenvalue weighted by Gasteiger charge is 2.66. The van der Waals surface area contributed by atoms with Crippen molar-refractivity contribution < 1.29 is 36.3 Å². The molecule has 10 nitrogen and oxygen atoms in total.